The van der Waals surface area contributed by atoms with Crippen LogP contribution in [-0.4, -0.2) is 23.3 Å². The lowest BCUT2D eigenvalue weighted by Crippen LogP contribution is -2.28. The van der Waals surface area contributed by atoms with Crippen molar-refractivity contribution in [2.24, 2.45) is 5.92 Å². The highest BCUT2D eigenvalue weighted by Gasteiger charge is 2.27. The van der Waals surface area contributed by atoms with Crippen molar-refractivity contribution >= 4 is 17.4 Å². The molecule has 0 fully saturated rings. The summed E-state index contributed by atoms with van der Waals surface area (Å²) in [4.78, 5) is 34.0. The van der Waals surface area contributed by atoms with Crippen LogP contribution in [0.3, 0.4) is 0 Å². The van der Waals surface area contributed by atoms with E-state index in [1.165, 1.54) is 12.1 Å². The van der Waals surface area contributed by atoms with E-state index in [0.29, 0.717) is 18.4 Å². The summed E-state index contributed by atoms with van der Waals surface area (Å²) < 4.78 is 4.94. The number of esters is 1. The van der Waals surface area contributed by atoms with Crippen LogP contribution >= 0.6 is 0 Å². The first-order chi connectivity index (χ1) is 9.99. The largest absolute Gasteiger partial charge is 0.465 e. The van der Waals surface area contributed by atoms with E-state index < -0.39 is 16.8 Å². The molecule has 114 valence electrons. The first-order valence-electron chi connectivity index (χ1n) is 6.92. The SMILES string of the molecule is CCCC(=O)[C@@H](Cc1ccc([N+](=O)[O-])cc1)C(=O)OCC. The molecule has 1 rings (SSSR count). The van der Waals surface area contributed by atoms with Crippen molar-refractivity contribution in [3.05, 3.63) is 39.9 Å². The second-order valence-corrected chi connectivity index (χ2v) is 4.65. The Morgan fingerprint density at radius 2 is 1.86 bits per heavy atom. The summed E-state index contributed by atoms with van der Waals surface area (Å²) >= 11 is 0. The minimum absolute atomic E-state index is 0.0219. The van der Waals surface area contributed by atoms with Gasteiger partial charge in [-0.2, -0.15) is 0 Å². The number of ketones is 1. The molecule has 0 bridgehead atoms. The van der Waals surface area contributed by atoms with E-state index in [2.05, 4.69) is 0 Å². The quantitative estimate of drug-likeness (QED) is 0.318. The number of nitrogens with zero attached hydrogens (tertiary/aromatic N) is 1. The molecule has 0 aliphatic rings. The molecule has 1 aromatic carbocycles. The molecule has 0 spiro atoms. The number of Topliss-reactive ketones (excluding diaryl/α,β-unsaturated/α-hetero) is 1. The molecule has 6 heteroatoms. The number of rotatable bonds is 8. The number of hydrogen-bond acceptors (Lipinski definition) is 5. The first kappa shape index (κ1) is 16.8. The third-order valence-electron chi connectivity index (χ3n) is 3.04. The van der Waals surface area contributed by atoms with E-state index in [-0.39, 0.29) is 24.5 Å². The molecule has 6 nitrogen and oxygen atoms in total. The van der Waals surface area contributed by atoms with Crippen molar-refractivity contribution in [3.8, 4) is 0 Å². The van der Waals surface area contributed by atoms with E-state index >= 15 is 0 Å². The third kappa shape index (κ3) is 4.98. The third-order valence-corrected chi connectivity index (χ3v) is 3.04. The van der Waals surface area contributed by atoms with Gasteiger partial charge in [0, 0.05) is 18.6 Å². The Morgan fingerprint density at radius 1 is 1.24 bits per heavy atom. The summed E-state index contributed by atoms with van der Waals surface area (Å²) in [6.45, 7) is 3.77. The summed E-state index contributed by atoms with van der Waals surface area (Å²) in [5.74, 6) is -1.53. The van der Waals surface area contributed by atoms with Gasteiger partial charge in [0.15, 0.2) is 0 Å². The fourth-order valence-electron chi connectivity index (χ4n) is 1.98. The van der Waals surface area contributed by atoms with Gasteiger partial charge in [-0.25, -0.2) is 0 Å². The van der Waals surface area contributed by atoms with Gasteiger partial charge in [-0.05, 0) is 25.3 Å². The summed E-state index contributed by atoms with van der Waals surface area (Å²) in [6, 6.07) is 5.84. The summed E-state index contributed by atoms with van der Waals surface area (Å²) in [6.07, 6.45) is 1.18. The molecule has 0 heterocycles. The molecule has 0 N–H and O–H groups in total. The zero-order chi connectivity index (χ0) is 15.8. The average molecular weight is 293 g/mol. The zero-order valence-corrected chi connectivity index (χ0v) is 12.2. The number of non-ortho nitro benzene ring substituents is 1. The minimum atomic E-state index is -0.841. The Hall–Kier alpha value is -2.24. The lowest BCUT2D eigenvalue weighted by molar-refractivity contribution is -0.384. The highest BCUT2D eigenvalue weighted by molar-refractivity contribution is 5.99. The number of hydrogen-bond donors (Lipinski definition) is 0. The van der Waals surface area contributed by atoms with E-state index in [1.54, 1.807) is 19.1 Å². The molecule has 0 saturated carbocycles. The Kier molecular flexibility index (Phi) is 6.52. The second kappa shape index (κ2) is 8.14. The summed E-state index contributed by atoms with van der Waals surface area (Å²) in [5, 5.41) is 10.6. The smallest absolute Gasteiger partial charge is 0.316 e. The molecule has 21 heavy (non-hydrogen) atoms. The van der Waals surface area contributed by atoms with Gasteiger partial charge in [0.25, 0.3) is 5.69 Å². The number of carbonyl (C=O) groups excluding carboxylic acids is 2. The van der Waals surface area contributed by atoms with Gasteiger partial charge in [0.1, 0.15) is 11.7 Å². The van der Waals surface area contributed by atoms with Crippen molar-refractivity contribution in [1.82, 2.24) is 0 Å². The van der Waals surface area contributed by atoms with Crippen LogP contribution in [0.25, 0.3) is 0 Å². The molecule has 1 atom stereocenters. The van der Waals surface area contributed by atoms with Gasteiger partial charge < -0.3 is 4.74 Å². The van der Waals surface area contributed by atoms with E-state index in [4.69, 9.17) is 4.74 Å². The van der Waals surface area contributed by atoms with Crippen LogP contribution in [0.2, 0.25) is 0 Å². The van der Waals surface area contributed by atoms with Crippen LogP contribution in [0, 0.1) is 16.0 Å². The predicted molar refractivity (Wildman–Crippen MR) is 76.8 cm³/mol. The van der Waals surface area contributed by atoms with Gasteiger partial charge in [-0.15, -0.1) is 0 Å². The molecule has 0 saturated heterocycles. The van der Waals surface area contributed by atoms with Crippen LogP contribution in [0.1, 0.15) is 32.3 Å². The average Bonchev–Trinajstić information content (AvgIpc) is 2.45. The monoisotopic (exact) mass is 293 g/mol. The molecular weight excluding hydrogens is 274 g/mol. The molecule has 0 unspecified atom stereocenters. The topological polar surface area (TPSA) is 86.5 Å². The summed E-state index contributed by atoms with van der Waals surface area (Å²) in [7, 11) is 0. The zero-order valence-electron chi connectivity index (χ0n) is 12.2. The van der Waals surface area contributed by atoms with Crippen LogP contribution in [-0.2, 0) is 20.7 Å². The van der Waals surface area contributed by atoms with Gasteiger partial charge in [-0.1, -0.05) is 19.1 Å². The highest BCUT2D eigenvalue weighted by Crippen LogP contribution is 2.18. The Labute approximate surface area is 123 Å². The van der Waals surface area contributed by atoms with Crippen LogP contribution in [0.5, 0.6) is 0 Å². The van der Waals surface area contributed by atoms with E-state index in [0.717, 1.165) is 0 Å². The fourth-order valence-corrected chi connectivity index (χ4v) is 1.98. The van der Waals surface area contributed by atoms with Gasteiger partial charge >= 0.3 is 5.97 Å². The van der Waals surface area contributed by atoms with Crippen LogP contribution in [0.15, 0.2) is 24.3 Å². The minimum Gasteiger partial charge on any atom is -0.465 e. The van der Waals surface area contributed by atoms with Crippen molar-refractivity contribution < 1.29 is 19.2 Å². The molecule has 0 aromatic heterocycles. The lowest BCUT2D eigenvalue weighted by Gasteiger charge is -2.14. The predicted octanol–water partition coefficient (Wildman–Crippen LogP) is 2.69. The summed E-state index contributed by atoms with van der Waals surface area (Å²) in [5.41, 5.74) is 0.675. The Morgan fingerprint density at radius 3 is 2.33 bits per heavy atom. The second-order valence-electron chi connectivity index (χ2n) is 4.65. The number of carbonyl (C=O) groups is 2. The standard InChI is InChI=1S/C15H19NO5/c1-3-5-14(17)13(15(18)21-4-2)10-11-6-8-12(9-7-11)16(19)20/h6-9,13H,3-5,10H2,1-2H3/t13-/m1/s1. The maximum Gasteiger partial charge on any atom is 0.316 e. The van der Waals surface area contributed by atoms with Crippen LogP contribution < -0.4 is 0 Å². The number of nitro groups is 1. The normalized spacial score (nSPS) is 11.7. The number of benzene rings is 1. The lowest BCUT2D eigenvalue weighted by atomic mass is 9.93. The van der Waals surface area contributed by atoms with Crippen molar-refractivity contribution in [1.29, 1.82) is 0 Å². The molecule has 0 radical (unpaired) electrons. The molecule has 0 aliphatic heterocycles. The van der Waals surface area contributed by atoms with Crippen molar-refractivity contribution in [2.75, 3.05) is 6.61 Å². The molecule has 1 aromatic rings. The Balaban J connectivity index is 2.86. The first-order valence-corrected chi connectivity index (χ1v) is 6.92. The highest BCUT2D eigenvalue weighted by atomic mass is 16.6. The van der Waals surface area contributed by atoms with Gasteiger partial charge in [-0.3, -0.25) is 19.7 Å². The van der Waals surface area contributed by atoms with Gasteiger partial charge in [0.05, 0.1) is 11.5 Å². The fraction of sp³-hybridized carbons (Fsp3) is 0.467. The maximum absolute atomic E-state index is 12.0. The Bertz CT molecular complexity index is 491. The van der Waals surface area contributed by atoms with Crippen molar-refractivity contribution in [3.63, 3.8) is 0 Å². The van der Waals surface area contributed by atoms with Gasteiger partial charge in [0.2, 0.25) is 0 Å². The van der Waals surface area contributed by atoms with Crippen LogP contribution in [0.4, 0.5) is 5.69 Å². The molecular formula is C15H19NO5. The van der Waals surface area contributed by atoms with E-state index in [9.17, 15) is 19.7 Å². The molecule has 0 aliphatic carbocycles. The van der Waals surface area contributed by atoms with E-state index in [1.807, 2.05) is 6.92 Å². The number of ether oxygens (including phenoxy) is 1. The van der Waals surface area contributed by atoms with Crippen molar-refractivity contribution in [2.45, 2.75) is 33.1 Å². The number of nitro benzene ring substituents is 1. The molecule has 0 amide bonds. The maximum atomic E-state index is 12.0.